The zero-order valence-corrected chi connectivity index (χ0v) is 18.7. The molecule has 0 radical (unpaired) electrons. The summed E-state index contributed by atoms with van der Waals surface area (Å²) in [6.07, 6.45) is 1.57. The van der Waals surface area contributed by atoms with E-state index in [0.29, 0.717) is 24.1 Å². The number of halogens is 1. The Balaban J connectivity index is 1.30. The number of amides is 1. The molecule has 2 aromatic heterocycles. The van der Waals surface area contributed by atoms with Gasteiger partial charge in [0.15, 0.2) is 5.76 Å². The zero-order valence-electron chi connectivity index (χ0n) is 17.8. The summed E-state index contributed by atoms with van der Waals surface area (Å²) in [6.45, 7) is 5.08. The van der Waals surface area contributed by atoms with Gasteiger partial charge in [0.05, 0.1) is 24.2 Å². The van der Waals surface area contributed by atoms with Crippen molar-refractivity contribution in [2.45, 2.75) is 32.2 Å². The maximum atomic E-state index is 13.1. The molecule has 2 heterocycles. The van der Waals surface area contributed by atoms with Crippen LogP contribution in [0.4, 0.5) is 4.39 Å². The van der Waals surface area contributed by atoms with Gasteiger partial charge in [0, 0.05) is 23.4 Å². The number of nitrogens with zero attached hydrogens (tertiary/aromatic N) is 3. The largest absolute Gasteiger partial charge is 0.431 e. The molecule has 32 heavy (non-hydrogen) atoms. The first-order valence-electron chi connectivity index (χ1n) is 10.2. The van der Waals surface area contributed by atoms with Gasteiger partial charge < -0.3 is 9.73 Å². The molecular weight excluding hydrogens is 427 g/mol. The second-order valence-electron chi connectivity index (χ2n) is 7.36. The Bertz CT molecular complexity index is 1200. The number of oxazole rings is 1. The first-order chi connectivity index (χ1) is 15.5. The highest BCUT2D eigenvalue weighted by molar-refractivity contribution is 7.99. The van der Waals surface area contributed by atoms with Gasteiger partial charge in [-0.2, -0.15) is 5.10 Å². The van der Waals surface area contributed by atoms with Crippen LogP contribution in [0.3, 0.4) is 0 Å². The molecule has 0 bridgehead atoms. The summed E-state index contributed by atoms with van der Waals surface area (Å²) in [6, 6.07) is 16.1. The maximum Gasteiger partial charge on any atom is 0.256 e. The number of hydrogen-bond donors (Lipinski definition) is 1. The third kappa shape index (κ3) is 5.26. The number of carbonyl (C=O) groups excluding carboxylic acids is 1. The standard InChI is InChI=1S/C24H23FN4O2S/c1-16-21(17(2)29(28-16)14-18-6-4-3-5-7-18)12-26-23(30)15-32-24-27-13-22(31-24)19-8-10-20(25)11-9-19/h3-11,13H,12,14-15H2,1-2H3,(H,26,30). The van der Waals surface area contributed by atoms with Gasteiger partial charge in [0.25, 0.3) is 5.22 Å². The fourth-order valence-corrected chi connectivity index (χ4v) is 3.97. The first kappa shape index (κ1) is 21.8. The van der Waals surface area contributed by atoms with Crippen LogP contribution in [0.15, 0.2) is 70.4 Å². The highest BCUT2D eigenvalue weighted by Crippen LogP contribution is 2.25. The molecule has 4 aromatic rings. The molecule has 4 rings (SSSR count). The van der Waals surface area contributed by atoms with Crippen molar-refractivity contribution >= 4 is 17.7 Å². The Morgan fingerprint density at radius 2 is 1.88 bits per heavy atom. The van der Waals surface area contributed by atoms with Gasteiger partial charge >= 0.3 is 0 Å². The second-order valence-corrected chi connectivity index (χ2v) is 8.28. The second kappa shape index (κ2) is 9.82. The number of nitrogens with one attached hydrogen (secondary N) is 1. The molecule has 6 nitrogen and oxygen atoms in total. The van der Waals surface area contributed by atoms with Gasteiger partial charge in [-0.3, -0.25) is 9.48 Å². The molecule has 0 atom stereocenters. The van der Waals surface area contributed by atoms with Crippen LogP contribution < -0.4 is 5.32 Å². The van der Waals surface area contributed by atoms with E-state index in [9.17, 15) is 9.18 Å². The highest BCUT2D eigenvalue weighted by atomic mass is 32.2. The molecule has 0 aliphatic carbocycles. The van der Waals surface area contributed by atoms with Crippen LogP contribution in [0.5, 0.6) is 0 Å². The molecule has 1 N–H and O–H groups in total. The topological polar surface area (TPSA) is 73.0 Å². The summed E-state index contributed by atoms with van der Waals surface area (Å²) in [5, 5.41) is 7.97. The van der Waals surface area contributed by atoms with E-state index in [1.54, 1.807) is 18.3 Å². The van der Waals surface area contributed by atoms with Crippen LogP contribution in [-0.2, 0) is 17.9 Å². The number of aryl methyl sites for hydroxylation is 1. The van der Waals surface area contributed by atoms with Gasteiger partial charge in [-0.15, -0.1) is 0 Å². The molecule has 0 fully saturated rings. The van der Waals surface area contributed by atoms with Crippen LogP contribution in [0, 0.1) is 19.7 Å². The van der Waals surface area contributed by atoms with Gasteiger partial charge in [-0.1, -0.05) is 42.1 Å². The SMILES string of the molecule is Cc1nn(Cc2ccccc2)c(C)c1CNC(=O)CSc1ncc(-c2ccc(F)cc2)o1. The molecule has 0 spiro atoms. The molecule has 0 saturated heterocycles. The Kier molecular flexibility index (Phi) is 6.70. The lowest BCUT2D eigenvalue weighted by molar-refractivity contribution is -0.118. The van der Waals surface area contributed by atoms with Crippen molar-refractivity contribution in [1.29, 1.82) is 0 Å². The van der Waals surface area contributed by atoms with E-state index in [-0.39, 0.29) is 17.5 Å². The molecule has 2 aromatic carbocycles. The summed E-state index contributed by atoms with van der Waals surface area (Å²) >= 11 is 1.21. The minimum Gasteiger partial charge on any atom is -0.431 e. The lowest BCUT2D eigenvalue weighted by Gasteiger charge is -2.07. The van der Waals surface area contributed by atoms with E-state index in [0.717, 1.165) is 22.5 Å². The fourth-order valence-electron chi connectivity index (χ4n) is 3.34. The minimum absolute atomic E-state index is 0.119. The number of benzene rings is 2. The highest BCUT2D eigenvalue weighted by Gasteiger charge is 2.14. The van der Waals surface area contributed by atoms with E-state index in [2.05, 4.69) is 27.5 Å². The molecule has 0 saturated carbocycles. The van der Waals surface area contributed by atoms with Gasteiger partial charge in [-0.05, 0) is 43.7 Å². The van der Waals surface area contributed by atoms with Crippen molar-refractivity contribution < 1.29 is 13.6 Å². The van der Waals surface area contributed by atoms with Crippen molar-refractivity contribution in [3.63, 3.8) is 0 Å². The Morgan fingerprint density at radius 3 is 2.62 bits per heavy atom. The smallest absolute Gasteiger partial charge is 0.256 e. The van der Waals surface area contributed by atoms with E-state index < -0.39 is 0 Å². The van der Waals surface area contributed by atoms with Gasteiger partial charge in [0.2, 0.25) is 5.91 Å². The third-order valence-electron chi connectivity index (χ3n) is 5.11. The molecule has 0 aliphatic heterocycles. The van der Waals surface area contributed by atoms with Crippen molar-refractivity contribution in [3.8, 4) is 11.3 Å². The van der Waals surface area contributed by atoms with Crippen LogP contribution in [0.2, 0.25) is 0 Å². The number of carbonyl (C=O) groups is 1. The third-order valence-corrected chi connectivity index (χ3v) is 5.95. The van der Waals surface area contributed by atoms with E-state index >= 15 is 0 Å². The predicted molar refractivity (Wildman–Crippen MR) is 122 cm³/mol. The number of rotatable bonds is 8. The van der Waals surface area contributed by atoms with Crippen LogP contribution >= 0.6 is 11.8 Å². The van der Waals surface area contributed by atoms with Crippen LogP contribution in [0.25, 0.3) is 11.3 Å². The van der Waals surface area contributed by atoms with Crippen LogP contribution in [0.1, 0.15) is 22.5 Å². The average molecular weight is 451 g/mol. The summed E-state index contributed by atoms with van der Waals surface area (Å²) in [7, 11) is 0. The molecular formula is C24H23FN4O2S. The zero-order chi connectivity index (χ0) is 22.5. The number of thioether (sulfide) groups is 1. The van der Waals surface area contributed by atoms with Crippen molar-refractivity contribution in [2.24, 2.45) is 0 Å². The monoisotopic (exact) mass is 450 g/mol. The Labute approximate surface area is 189 Å². The van der Waals surface area contributed by atoms with E-state index in [1.807, 2.05) is 36.7 Å². The first-order valence-corrected chi connectivity index (χ1v) is 11.2. The van der Waals surface area contributed by atoms with Gasteiger partial charge in [-0.25, -0.2) is 9.37 Å². The minimum atomic E-state index is -0.310. The number of aromatic nitrogens is 3. The van der Waals surface area contributed by atoms with Crippen LogP contribution in [-0.4, -0.2) is 26.4 Å². The van der Waals surface area contributed by atoms with Crippen molar-refractivity contribution in [3.05, 3.63) is 89.1 Å². The molecule has 8 heteroatoms. The summed E-state index contributed by atoms with van der Waals surface area (Å²) < 4.78 is 20.7. The van der Waals surface area contributed by atoms with Crippen molar-refractivity contribution in [2.75, 3.05) is 5.75 Å². The van der Waals surface area contributed by atoms with Crippen molar-refractivity contribution in [1.82, 2.24) is 20.1 Å². The molecule has 0 aliphatic rings. The molecule has 1 amide bonds. The lowest BCUT2D eigenvalue weighted by Crippen LogP contribution is -2.25. The van der Waals surface area contributed by atoms with E-state index in [1.165, 1.54) is 29.5 Å². The molecule has 0 unspecified atom stereocenters. The van der Waals surface area contributed by atoms with Gasteiger partial charge in [0.1, 0.15) is 5.82 Å². The lowest BCUT2D eigenvalue weighted by atomic mass is 10.2. The normalized spacial score (nSPS) is 11.0. The quantitative estimate of drug-likeness (QED) is 0.392. The molecule has 164 valence electrons. The average Bonchev–Trinajstić information content (AvgIpc) is 3.37. The summed E-state index contributed by atoms with van der Waals surface area (Å²) in [4.78, 5) is 16.5. The Morgan fingerprint density at radius 1 is 1.12 bits per heavy atom. The Hall–Kier alpha value is -3.39. The number of hydrogen-bond acceptors (Lipinski definition) is 5. The predicted octanol–water partition coefficient (Wildman–Crippen LogP) is 4.75. The maximum absolute atomic E-state index is 13.1. The summed E-state index contributed by atoms with van der Waals surface area (Å²) in [5.41, 5.74) is 4.87. The van der Waals surface area contributed by atoms with E-state index in [4.69, 9.17) is 4.42 Å². The summed E-state index contributed by atoms with van der Waals surface area (Å²) in [5.74, 6) is 0.284. The fraction of sp³-hybridized carbons (Fsp3) is 0.208.